The third-order valence-corrected chi connectivity index (χ3v) is 4.41. The van der Waals surface area contributed by atoms with Gasteiger partial charge in [0.05, 0.1) is 16.7 Å². The molecular weight excluding hydrogens is 298 g/mol. The zero-order valence-electron chi connectivity index (χ0n) is 13.8. The van der Waals surface area contributed by atoms with Crippen molar-refractivity contribution in [3.8, 4) is 0 Å². The topological polar surface area (TPSA) is 71.0 Å². The van der Waals surface area contributed by atoms with E-state index in [2.05, 4.69) is 20.3 Å². The number of thiazole rings is 1. The fraction of sp³-hybridized carbons (Fsp3) is 0.467. The molecule has 2 rings (SSSR count). The molecule has 0 spiro atoms. The average Bonchev–Trinajstić information content (AvgIpc) is 2.77. The van der Waals surface area contributed by atoms with Gasteiger partial charge in [0.25, 0.3) is 5.91 Å². The number of amides is 1. The number of nitrogens with one attached hydrogen (secondary N) is 1. The Balaban J connectivity index is 2.20. The Morgan fingerprint density at radius 2 is 1.91 bits per heavy atom. The molecule has 0 aromatic carbocycles. The summed E-state index contributed by atoms with van der Waals surface area (Å²) in [6, 6.07) is 1.59. The van der Waals surface area contributed by atoms with E-state index in [4.69, 9.17) is 0 Å². The van der Waals surface area contributed by atoms with Crippen LogP contribution >= 0.6 is 11.3 Å². The molecule has 0 aliphatic heterocycles. The first-order chi connectivity index (χ1) is 10.3. The molecule has 0 saturated heterocycles. The number of carbonyl (C=O) groups excluding carboxylic acids is 1. The Bertz CT molecular complexity index is 695. The molecule has 0 saturated carbocycles. The Morgan fingerprint density at radius 1 is 1.23 bits per heavy atom. The van der Waals surface area contributed by atoms with Crippen molar-refractivity contribution in [2.75, 3.05) is 19.0 Å². The third-order valence-electron chi connectivity index (χ3n) is 3.16. The Morgan fingerprint density at radius 3 is 2.45 bits per heavy atom. The zero-order chi connectivity index (χ0) is 16.4. The highest BCUT2D eigenvalue weighted by Crippen LogP contribution is 2.24. The lowest BCUT2D eigenvalue weighted by molar-refractivity contribution is 0.0935. The van der Waals surface area contributed by atoms with E-state index in [1.165, 1.54) is 0 Å². The highest BCUT2D eigenvalue weighted by atomic mass is 32.1. The number of hydrogen-bond donors (Lipinski definition) is 1. The molecule has 1 amide bonds. The van der Waals surface area contributed by atoms with Crippen molar-refractivity contribution < 1.29 is 4.79 Å². The predicted octanol–water partition coefficient (Wildman–Crippen LogP) is 2.42. The van der Waals surface area contributed by atoms with Crippen LogP contribution in [0, 0.1) is 20.8 Å². The van der Waals surface area contributed by atoms with Crippen LogP contribution in [0.15, 0.2) is 6.07 Å². The minimum Gasteiger partial charge on any atom is -0.347 e. The normalized spacial score (nSPS) is 12.1. The van der Waals surface area contributed by atoms with Crippen LogP contribution in [-0.4, -0.2) is 35.0 Å². The summed E-state index contributed by atoms with van der Waals surface area (Å²) >= 11 is 1.60. The predicted molar refractivity (Wildman–Crippen MR) is 88.6 cm³/mol. The molecule has 2 heterocycles. The molecule has 6 nitrogen and oxygen atoms in total. The molecule has 0 aliphatic rings. The van der Waals surface area contributed by atoms with Crippen LogP contribution in [0.2, 0.25) is 0 Å². The summed E-state index contributed by atoms with van der Waals surface area (Å²) < 4.78 is 0. The Labute approximate surface area is 134 Å². The fourth-order valence-corrected chi connectivity index (χ4v) is 3.08. The van der Waals surface area contributed by atoms with Crippen molar-refractivity contribution in [3.05, 3.63) is 33.0 Å². The van der Waals surface area contributed by atoms with Crippen LogP contribution in [0.5, 0.6) is 0 Å². The molecule has 0 fully saturated rings. The van der Waals surface area contributed by atoms with E-state index >= 15 is 0 Å². The van der Waals surface area contributed by atoms with Crippen LogP contribution in [0.25, 0.3) is 0 Å². The van der Waals surface area contributed by atoms with E-state index in [0.717, 1.165) is 21.3 Å². The quantitative estimate of drug-likeness (QED) is 0.937. The standard InChI is InChI=1S/C15H21N5OS/c1-8-7-12(19-15(16-8)20(5)6)14(21)18-10(3)13-9(2)17-11(4)22-13/h7,10H,1-6H3,(H,18,21). The molecule has 0 bridgehead atoms. The number of hydrogen-bond acceptors (Lipinski definition) is 6. The summed E-state index contributed by atoms with van der Waals surface area (Å²) in [6.07, 6.45) is 0. The Hall–Kier alpha value is -2.02. The number of aromatic nitrogens is 3. The number of aryl methyl sites for hydroxylation is 3. The van der Waals surface area contributed by atoms with Crippen molar-refractivity contribution in [2.24, 2.45) is 0 Å². The van der Waals surface area contributed by atoms with Crippen molar-refractivity contribution in [2.45, 2.75) is 33.7 Å². The van der Waals surface area contributed by atoms with E-state index in [1.54, 1.807) is 22.3 Å². The highest BCUT2D eigenvalue weighted by molar-refractivity contribution is 7.11. The first kappa shape index (κ1) is 16.4. The smallest absolute Gasteiger partial charge is 0.270 e. The molecule has 118 valence electrons. The SMILES string of the molecule is Cc1cc(C(=O)NC(C)c2sc(C)nc2C)nc(N(C)C)n1. The maximum atomic E-state index is 12.4. The number of nitrogens with zero attached hydrogens (tertiary/aromatic N) is 4. The van der Waals surface area contributed by atoms with Gasteiger partial charge in [0.1, 0.15) is 5.69 Å². The number of carbonyl (C=O) groups is 1. The molecule has 0 aliphatic carbocycles. The van der Waals surface area contributed by atoms with Gasteiger partial charge in [-0.2, -0.15) is 0 Å². The van der Waals surface area contributed by atoms with Gasteiger partial charge < -0.3 is 10.2 Å². The van der Waals surface area contributed by atoms with Crippen LogP contribution in [0.4, 0.5) is 5.95 Å². The molecule has 7 heteroatoms. The number of rotatable bonds is 4. The van der Waals surface area contributed by atoms with Crippen molar-refractivity contribution in [1.29, 1.82) is 0 Å². The zero-order valence-corrected chi connectivity index (χ0v) is 14.6. The lowest BCUT2D eigenvalue weighted by Crippen LogP contribution is -2.28. The minimum atomic E-state index is -0.202. The maximum Gasteiger partial charge on any atom is 0.270 e. The summed E-state index contributed by atoms with van der Waals surface area (Å²) in [5.41, 5.74) is 2.10. The van der Waals surface area contributed by atoms with Gasteiger partial charge in [0, 0.05) is 24.7 Å². The van der Waals surface area contributed by atoms with Gasteiger partial charge in [-0.25, -0.2) is 15.0 Å². The monoisotopic (exact) mass is 319 g/mol. The van der Waals surface area contributed by atoms with Gasteiger partial charge in [-0.3, -0.25) is 4.79 Å². The van der Waals surface area contributed by atoms with E-state index in [9.17, 15) is 4.79 Å². The van der Waals surface area contributed by atoms with Crippen molar-refractivity contribution in [1.82, 2.24) is 20.3 Å². The van der Waals surface area contributed by atoms with Crippen molar-refractivity contribution >= 4 is 23.2 Å². The minimum absolute atomic E-state index is 0.100. The van der Waals surface area contributed by atoms with E-state index in [-0.39, 0.29) is 11.9 Å². The first-order valence-corrected chi connectivity index (χ1v) is 7.87. The van der Waals surface area contributed by atoms with Crippen LogP contribution in [0.1, 0.15) is 44.7 Å². The first-order valence-electron chi connectivity index (χ1n) is 7.05. The molecule has 2 aromatic heterocycles. The molecular formula is C15H21N5OS. The average molecular weight is 319 g/mol. The molecule has 1 N–H and O–H groups in total. The van der Waals surface area contributed by atoms with Gasteiger partial charge in [-0.05, 0) is 33.8 Å². The lowest BCUT2D eigenvalue weighted by Gasteiger charge is -2.15. The molecule has 2 aromatic rings. The second-order valence-electron chi connectivity index (χ2n) is 5.47. The summed E-state index contributed by atoms with van der Waals surface area (Å²) in [6.45, 7) is 7.73. The summed E-state index contributed by atoms with van der Waals surface area (Å²) in [4.78, 5) is 28.3. The molecule has 1 atom stereocenters. The van der Waals surface area contributed by atoms with E-state index in [1.807, 2.05) is 41.8 Å². The lowest BCUT2D eigenvalue weighted by atomic mass is 10.2. The second-order valence-corrected chi connectivity index (χ2v) is 6.70. The number of anilines is 1. The van der Waals surface area contributed by atoms with E-state index in [0.29, 0.717) is 11.6 Å². The van der Waals surface area contributed by atoms with Crippen molar-refractivity contribution in [3.63, 3.8) is 0 Å². The van der Waals surface area contributed by atoms with Gasteiger partial charge in [-0.15, -0.1) is 11.3 Å². The van der Waals surface area contributed by atoms with E-state index < -0.39 is 0 Å². The largest absolute Gasteiger partial charge is 0.347 e. The second kappa shape index (κ2) is 6.39. The molecule has 22 heavy (non-hydrogen) atoms. The summed E-state index contributed by atoms with van der Waals surface area (Å²) in [7, 11) is 3.70. The summed E-state index contributed by atoms with van der Waals surface area (Å²) in [5.74, 6) is 0.328. The van der Waals surface area contributed by atoms with Gasteiger partial charge in [0.2, 0.25) is 5.95 Å². The highest BCUT2D eigenvalue weighted by Gasteiger charge is 2.18. The third kappa shape index (κ3) is 3.59. The van der Waals surface area contributed by atoms with Crippen LogP contribution in [0.3, 0.4) is 0 Å². The molecule has 1 unspecified atom stereocenters. The van der Waals surface area contributed by atoms with Gasteiger partial charge in [-0.1, -0.05) is 0 Å². The Kier molecular flexibility index (Phi) is 4.75. The van der Waals surface area contributed by atoms with Gasteiger partial charge in [0.15, 0.2) is 0 Å². The molecule has 0 radical (unpaired) electrons. The van der Waals surface area contributed by atoms with Crippen LogP contribution < -0.4 is 10.2 Å². The fourth-order valence-electron chi connectivity index (χ4n) is 2.15. The van der Waals surface area contributed by atoms with Crippen LogP contribution in [-0.2, 0) is 0 Å². The van der Waals surface area contributed by atoms with Gasteiger partial charge >= 0.3 is 0 Å². The summed E-state index contributed by atoms with van der Waals surface area (Å²) in [5, 5.41) is 3.98. The maximum absolute atomic E-state index is 12.4.